The highest BCUT2D eigenvalue weighted by Gasteiger charge is 2.68. The molecule has 4 aliphatic carbocycles. The van der Waals surface area contributed by atoms with Crippen LogP contribution in [0.2, 0.25) is 0 Å². The minimum Gasteiger partial charge on any atom is -0.393 e. The fraction of sp³-hybridized carbons (Fsp3) is 0.889. The lowest BCUT2D eigenvalue weighted by Gasteiger charge is -2.57. The van der Waals surface area contributed by atoms with Gasteiger partial charge in [-0.25, -0.2) is 0 Å². The fourth-order valence-electron chi connectivity index (χ4n) is 10.2. The molecule has 0 amide bonds. The van der Waals surface area contributed by atoms with Crippen LogP contribution < -0.4 is 0 Å². The summed E-state index contributed by atoms with van der Waals surface area (Å²) in [5.74, 6) is 4.03. The van der Waals surface area contributed by atoms with Gasteiger partial charge in [0.05, 0.1) is 6.10 Å². The molecule has 0 aromatic carbocycles. The molecule has 6 aliphatic rings. The summed E-state index contributed by atoms with van der Waals surface area (Å²) >= 11 is 0. The number of rotatable bonds is 1. The summed E-state index contributed by atoms with van der Waals surface area (Å²) in [4.78, 5) is 15.8. The van der Waals surface area contributed by atoms with Crippen LogP contribution in [-0.4, -0.2) is 41.0 Å². The number of carbonyl (C=O) groups excluding carboxylic acids is 1. The van der Waals surface area contributed by atoms with Crippen molar-refractivity contribution in [3.63, 3.8) is 0 Å². The molecule has 0 aromatic heterocycles. The van der Waals surface area contributed by atoms with Crippen LogP contribution in [0.15, 0.2) is 11.6 Å². The van der Waals surface area contributed by atoms with Crippen LogP contribution in [0.4, 0.5) is 0 Å². The summed E-state index contributed by atoms with van der Waals surface area (Å²) < 4.78 is 0. The summed E-state index contributed by atoms with van der Waals surface area (Å²) in [7, 11) is 0. The number of aliphatic hydroxyl groups excluding tert-OH is 1. The number of hydrogen-bond acceptors (Lipinski definition) is 3. The Morgan fingerprint density at radius 1 is 1.10 bits per heavy atom. The Hall–Kier alpha value is -0.670. The maximum absolute atomic E-state index is 12.9. The van der Waals surface area contributed by atoms with Gasteiger partial charge in [-0.1, -0.05) is 32.4 Å². The predicted octanol–water partition coefficient (Wildman–Crippen LogP) is 4.83. The molecule has 11 atom stereocenters. The molecule has 11 unspecified atom stereocenters. The largest absolute Gasteiger partial charge is 0.393 e. The van der Waals surface area contributed by atoms with E-state index in [0.29, 0.717) is 35.6 Å². The second-order valence-corrected chi connectivity index (χ2v) is 12.6. The average Bonchev–Trinajstić information content (AvgIpc) is 3.22. The molecule has 1 N–H and O–H groups in total. The van der Waals surface area contributed by atoms with Crippen LogP contribution in [0, 0.1) is 46.3 Å². The Kier molecular flexibility index (Phi) is 4.44. The van der Waals surface area contributed by atoms with Crippen LogP contribution in [0.5, 0.6) is 0 Å². The molecule has 6 rings (SSSR count). The van der Waals surface area contributed by atoms with Crippen LogP contribution >= 0.6 is 0 Å². The molecule has 2 saturated heterocycles. The van der Waals surface area contributed by atoms with Gasteiger partial charge in [0.15, 0.2) is 0 Å². The van der Waals surface area contributed by atoms with E-state index < -0.39 is 0 Å². The molecule has 0 radical (unpaired) electrons. The highest BCUT2D eigenvalue weighted by molar-refractivity contribution is 5.63. The Morgan fingerprint density at radius 3 is 2.73 bits per heavy atom. The monoisotopic (exact) mass is 411 g/mol. The third kappa shape index (κ3) is 2.43. The van der Waals surface area contributed by atoms with Gasteiger partial charge in [-0.3, -0.25) is 4.90 Å². The van der Waals surface area contributed by atoms with Gasteiger partial charge >= 0.3 is 0 Å². The Balaban J connectivity index is 1.36. The van der Waals surface area contributed by atoms with E-state index in [0.717, 1.165) is 44.1 Å². The zero-order valence-corrected chi connectivity index (χ0v) is 19.2. The molecule has 0 spiro atoms. The van der Waals surface area contributed by atoms with E-state index in [1.165, 1.54) is 44.1 Å². The second kappa shape index (κ2) is 6.67. The molecular formula is C27H41NO2. The number of aliphatic hydroxyl groups is 1. The number of fused-ring (bicyclic) bond motifs is 9. The van der Waals surface area contributed by atoms with Gasteiger partial charge in [0.25, 0.3) is 0 Å². The van der Waals surface area contributed by atoms with E-state index >= 15 is 0 Å². The Bertz CT molecular complexity index is 762. The molecule has 5 fully saturated rings. The number of allylic oxidation sites excluding steroid dienone is 1. The first-order valence-electron chi connectivity index (χ1n) is 13.0. The minimum absolute atomic E-state index is 0.0677. The van der Waals surface area contributed by atoms with Crippen LogP contribution in [0.3, 0.4) is 0 Å². The van der Waals surface area contributed by atoms with Gasteiger partial charge in [0, 0.05) is 24.0 Å². The van der Waals surface area contributed by atoms with Crippen molar-refractivity contribution < 1.29 is 9.90 Å². The summed E-state index contributed by atoms with van der Waals surface area (Å²) in [6.45, 7) is 8.66. The summed E-state index contributed by atoms with van der Waals surface area (Å²) in [5, 5.41) is 10.3. The van der Waals surface area contributed by atoms with E-state index in [-0.39, 0.29) is 16.9 Å². The van der Waals surface area contributed by atoms with Crippen molar-refractivity contribution in [2.75, 3.05) is 6.54 Å². The first-order valence-corrected chi connectivity index (χ1v) is 13.0. The molecule has 30 heavy (non-hydrogen) atoms. The first-order chi connectivity index (χ1) is 14.4. The van der Waals surface area contributed by atoms with Crippen molar-refractivity contribution in [2.24, 2.45) is 46.3 Å². The Labute approximate surface area is 182 Å². The van der Waals surface area contributed by atoms with Gasteiger partial charge in [0.1, 0.15) is 6.29 Å². The van der Waals surface area contributed by atoms with Crippen molar-refractivity contribution in [1.29, 1.82) is 0 Å². The highest BCUT2D eigenvalue weighted by atomic mass is 16.3. The second-order valence-electron chi connectivity index (χ2n) is 12.6. The number of piperidine rings is 1. The van der Waals surface area contributed by atoms with Crippen molar-refractivity contribution in [3.05, 3.63) is 11.6 Å². The Morgan fingerprint density at radius 2 is 1.93 bits per heavy atom. The van der Waals surface area contributed by atoms with E-state index in [2.05, 4.69) is 31.7 Å². The van der Waals surface area contributed by atoms with Gasteiger partial charge < -0.3 is 9.90 Å². The number of hydrogen-bond donors (Lipinski definition) is 1. The van der Waals surface area contributed by atoms with Crippen molar-refractivity contribution in [3.8, 4) is 0 Å². The van der Waals surface area contributed by atoms with E-state index in [1.54, 1.807) is 0 Å². The summed E-state index contributed by atoms with van der Waals surface area (Å²) in [6.07, 6.45) is 14.3. The predicted molar refractivity (Wildman–Crippen MR) is 119 cm³/mol. The fourth-order valence-corrected chi connectivity index (χ4v) is 10.2. The molecule has 0 bridgehead atoms. The summed E-state index contributed by atoms with van der Waals surface area (Å²) in [6, 6.07) is 1.37. The molecular weight excluding hydrogens is 370 g/mol. The highest BCUT2D eigenvalue weighted by Crippen LogP contribution is 2.69. The molecule has 166 valence electrons. The van der Waals surface area contributed by atoms with Crippen LogP contribution in [-0.2, 0) is 4.79 Å². The molecule has 2 heterocycles. The molecule has 3 nitrogen and oxygen atoms in total. The zero-order valence-electron chi connectivity index (χ0n) is 19.2. The average molecular weight is 412 g/mol. The lowest BCUT2D eigenvalue weighted by atomic mass is 9.46. The quantitative estimate of drug-likeness (QED) is 0.496. The summed E-state index contributed by atoms with van der Waals surface area (Å²) in [5.41, 5.74) is 1.74. The number of carbonyl (C=O) groups is 1. The molecule has 3 saturated carbocycles. The lowest BCUT2D eigenvalue weighted by molar-refractivity contribution is -0.131. The van der Waals surface area contributed by atoms with Gasteiger partial charge in [-0.2, -0.15) is 0 Å². The van der Waals surface area contributed by atoms with E-state index in [4.69, 9.17) is 0 Å². The van der Waals surface area contributed by atoms with E-state index in [1.807, 2.05) is 0 Å². The lowest BCUT2D eigenvalue weighted by Crippen LogP contribution is -2.52. The van der Waals surface area contributed by atoms with Crippen molar-refractivity contribution >= 4 is 6.29 Å². The number of aldehydes is 1. The minimum atomic E-state index is -0.136. The first kappa shape index (κ1) is 20.0. The normalized spacial score (nSPS) is 57.5. The van der Waals surface area contributed by atoms with Gasteiger partial charge in [-0.15, -0.1) is 0 Å². The smallest absolute Gasteiger partial charge is 0.126 e. The molecule has 0 aromatic rings. The zero-order chi connectivity index (χ0) is 20.8. The van der Waals surface area contributed by atoms with Crippen LogP contribution in [0.25, 0.3) is 0 Å². The third-order valence-corrected chi connectivity index (χ3v) is 11.5. The number of nitrogens with zero attached hydrogens (tertiary/aromatic N) is 1. The third-order valence-electron chi connectivity index (χ3n) is 11.5. The SMILES string of the molecule is CC1CCC2C(C)C3C(CC4C5CC=C6CC(O)CCC6(C)C5CCC43C=O)N2C1. The molecule has 3 heteroatoms. The van der Waals surface area contributed by atoms with Crippen LogP contribution in [0.1, 0.15) is 78.6 Å². The van der Waals surface area contributed by atoms with Crippen molar-refractivity contribution in [2.45, 2.75) is 96.7 Å². The topological polar surface area (TPSA) is 40.5 Å². The molecule has 2 aliphatic heterocycles. The standard InChI is InChI=1S/C27H41NO2/c1-16-4-7-23-17(2)25-24(28(23)14-16)13-22-20-6-5-18-12-19(30)8-10-26(18,3)21(20)9-11-27(22,25)15-29/h5,15-17,19-25,30H,4,6-14H2,1-3H3. The maximum atomic E-state index is 12.9. The van der Waals surface area contributed by atoms with Gasteiger partial charge in [0.2, 0.25) is 0 Å². The van der Waals surface area contributed by atoms with Crippen molar-refractivity contribution in [1.82, 2.24) is 4.90 Å². The maximum Gasteiger partial charge on any atom is 0.126 e. The van der Waals surface area contributed by atoms with Gasteiger partial charge in [-0.05, 0) is 98.7 Å². The van der Waals surface area contributed by atoms with E-state index in [9.17, 15) is 9.90 Å².